The summed E-state index contributed by atoms with van der Waals surface area (Å²) in [5.41, 5.74) is 3.10. The van der Waals surface area contributed by atoms with E-state index in [9.17, 15) is 0 Å². The monoisotopic (exact) mass is 241 g/mol. The lowest BCUT2D eigenvalue weighted by Crippen LogP contribution is -1.94. The maximum absolute atomic E-state index is 4.37. The van der Waals surface area contributed by atoms with Gasteiger partial charge in [-0.05, 0) is 24.5 Å². The van der Waals surface area contributed by atoms with E-state index in [4.69, 9.17) is 0 Å². The Hall–Kier alpha value is -2.17. The van der Waals surface area contributed by atoms with Crippen molar-refractivity contribution in [2.45, 2.75) is 26.7 Å². The number of hydrogen-bond donors (Lipinski definition) is 1. The van der Waals surface area contributed by atoms with Crippen molar-refractivity contribution in [1.29, 1.82) is 0 Å². The van der Waals surface area contributed by atoms with Crippen LogP contribution in [0.3, 0.4) is 0 Å². The van der Waals surface area contributed by atoms with Crippen LogP contribution in [-0.2, 0) is 0 Å². The average molecular weight is 241 g/mol. The summed E-state index contributed by atoms with van der Waals surface area (Å²) >= 11 is 0. The van der Waals surface area contributed by atoms with Crippen LogP contribution >= 0.6 is 0 Å². The highest BCUT2D eigenvalue weighted by atomic mass is 15.2. The summed E-state index contributed by atoms with van der Waals surface area (Å²) < 4.78 is 2.04. The Morgan fingerprint density at radius 1 is 1.28 bits per heavy atom. The van der Waals surface area contributed by atoms with Gasteiger partial charge < -0.3 is 0 Å². The number of H-pyrrole nitrogens is 1. The van der Waals surface area contributed by atoms with Crippen molar-refractivity contribution in [2.75, 3.05) is 0 Å². The van der Waals surface area contributed by atoms with E-state index in [0.29, 0.717) is 11.7 Å². The van der Waals surface area contributed by atoms with Gasteiger partial charge in [-0.2, -0.15) is 5.10 Å². The average Bonchev–Trinajstić information content (AvgIpc) is 2.93. The van der Waals surface area contributed by atoms with Gasteiger partial charge in [0.15, 0.2) is 5.82 Å². The number of rotatable bonds is 2. The highest BCUT2D eigenvalue weighted by molar-refractivity contribution is 5.57. The van der Waals surface area contributed by atoms with Gasteiger partial charge >= 0.3 is 0 Å². The van der Waals surface area contributed by atoms with Gasteiger partial charge in [0.25, 0.3) is 0 Å². The summed E-state index contributed by atoms with van der Waals surface area (Å²) in [4.78, 5) is 8.72. The summed E-state index contributed by atoms with van der Waals surface area (Å²) in [6.45, 7) is 6.24. The minimum Gasteiger partial charge on any atom is -0.297 e. The Kier molecular flexibility index (Phi) is 2.40. The summed E-state index contributed by atoms with van der Waals surface area (Å²) in [7, 11) is 0. The lowest BCUT2D eigenvalue weighted by Gasteiger charge is -2.06. The molecule has 0 aliphatic carbocycles. The Morgan fingerprint density at radius 2 is 2.11 bits per heavy atom. The fourth-order valence-corrected chi connectivity index (χ4v) is 1.96. The van der Waals surface area contributed by atoms with Gasteiger partial charge in [-0.15, -0.1) is 0 Å². The van der Waals surface area contributed by atoms with Crippen LogP contribution in [0.2, 0.25) is 0 Å². The van der Waals surface area contributed by atoms with Crippen LogP contribution in [0.25, 0.3) is 17.2 Å². The molecule has 0 saturated carbocycles. The molecule has 0 bridgehead atoms. The molecule has 92 valence electrons. The zero-order valence-electron chi connectivity index (χ0n) is 10.7. The van der Waals surface area contributed by atoms with Crippen LogP contribution in [0.4, 0.5) is 0 Å². The first-order valence-corrected chi connectivity index (χ1v) is 6.01. The maximum Gasteiger partial charge on any atom is 0.199 e. The topological polar surface area (TPSA) is 58.9 Å². The first kappa shape index (κ1) is 11.0. The van der Waals surface area contributed by atoms with Crippen LogP contribution in [0, 0.1) is 6.92 Å². The summed E-state index contributed by atoms with van der Waals surface area (Å²) in [6.07, 6.45) is 3.91. The smallest absolute Gasteiger partial charge is 0.199 e. The fraction of sp³-hybridized carbons (Fsp3) is 0.308. The van der Waals surface area contributed by atoms with Crippen molar-refractivity contribution < 1.29 is 0 Å². The first-order chi connectivity index (χ1) is 8.65. The molecule has 3 heterocycles. The summed E-state index contributed by atoms with van der Waals surface area (Å²) in [6, 6.07) is 4.14. The van der Waals surface area contributed by atoms with Crippen LogP contribution < -0.4 is 0 Å². The van der Waals surface area contributed by atoms with Crippen molar-refractivity contribution in [3.05, 3.63) is 35.9 Å². The number of nitrogens with zero attached hydrogens (tertiary/aromatic N) is 4. The molecule has 18 heavy (non-hydrogen) atoms. The molecule has 0 spiro atoms. The molecule has 0 aliphatic rings. The molecular formula is C13H15N5. The number of pyridine rings is 1. The lowest BCUT2D eigenvalue weighted by atomic mass is 10.1. The van der Waals surface area contributed by atoms with Gasteiger partial charge in [0.2, 0.25) is 0 Å². The molecule has 1 N–H and O–H groups in total. The third kappa shape index (κ3) is 1.68. The predicted octanol–water partition coefficient (Wildman–Crippen LogP) is 2.55. The second kappa shape index (κ2) is 3.94. The highest BCUT2D eigenvalue weighted by Crippen LogP contribution is 2.20. The first-order valence-electron chi connectivity index (χ1n) is 6.01. The molecule has 0 aromatic carbocycles. The minimum atomic E-state index is 0.485. The van der Waals surface area contributed by atoms with Gasteiger partial charge in [-0.25, -0.2) is 9.97 Å². The molecular weight excluding hydrogens is 226 g/mol. The Labute approximate surface area is 105 Å². The largest absolute Gasteiger partial charge is 0.297 e. The summed E-state index contributed by atoms with van der Waals surface area (Å²) in [5, 5.41) is 7.04. The second-order valence-electron chi connectivity index (χ2n) is 4.73. The predicted molar refractivity (Wildman–Crippen MR) is 69.4 cm³/mol. The molecule has 0 aliphatic heterocycles. The third-order valence-corrected chi connectivity index (χ3v) is 3.02. The van der Waals surface area contributed by atoms with Crippen LogP contribution in [0.1, 0.15) is 31.2 Å². The van der Waals surface area contributed by atoms with Crippen molar-refractivity contribution >= 4 is 5.65 Å². The van der Waals surface area contributed by atoms with E-state index in [1.54, 1.807) is 0 Å². The number of fused-ring (bicyclic) bond motifs is 1. The molecule has 0 unspecified atom stereocenters. The standard InChI is InChI=1S/C13H15N5/c1-8(2)10-4-5-12-14-6-11(18(12)7-10)13-15-9(3)16-17-13/h4-8H,1-3H3,(H,15,16,17). The van der Waals surface area contributed by atoms with Gasteiger partial charge in [0.1, 0.15) is 17.2 Å². The second-order valence-corrected chi connectivity index (χ2v) is 4.73. The van der Waals surface area contributed by atoms with Crippen LogP contribution in [0.5, 0.6) is 0 Å². The van der Waals surface area contributed by atoms with E-state index in [-0.39, 0.29) is 0 Å². The molecule has 5 nitrogen and oxygen atoms in total. The third-order valence-electron chi connectivity index (χ3n) is 3.02. The van der Waals surface area contributed by atoms with E-state index in [1.807, 2.05) is 23.6 Å². The van der Waals surface area contributed by atoms with Gasteiger partial charge in [-0.1, -0.05) is 19.9 Å². The molecule has 5 heteroatoms. The van der Waals surface area contributed by atoms with E-state index in [1.165, 1.54) is 5.56 Å². The highest BCUT2D eigenvalue weighted by Gasteiger charge is 2.11. The lowest BCUT2D eigenvalue weighted by molar-refractivity contribution is 0.854. The van der Waals surface area contributed by atoms with E-state index in [0.717, 1.165) is 17.2 Å². The van der Waals surface area contributed by atoms with E-state index in [2.05, 4.69) is 46.3 Å². The van der Waals surface area contributed by atoms with Crippen molar-refractivity contribution in [3.8, 4) is 11.5 Å². The number of imidazole rings is 1. The van der Waals surface area contributed by atoms with E-state index < -0.39 is 0 Å². The van der Waals surface area contributed by atoms with Gasteiger partial charge in [0.05, 0.1) is 6.20 Å². The zero-order chi connectivity index (χ0) is 12.7. The number of nitrogens with one attached hydrogen (secondary N) is 1. The Bertz CT molecular complexity index is 692. The molecule has 0 saturated heterocycles. The van der Waals surface area contributed by atoms with Gasteiger partial charge in [0, 0.05) is 6.20 Å². The van der Waals surface area contributed by atoms with Gasteiger partial charge in [-0.3, -0.25) is 9.50 Å². The Morgan fingerprint density at radius 3 is 2.78 bits per heavy atom. The SMILES string of the molecule is Cc1nc(-c2cnc3ccc(C(C)C)cn23)n[nH]1. The maximum atomic E-state index is 4.37. The molecule has 0 amide bonds. The number of aryl methyl sites for hydroxylation is 1. The van der Waals surface area contributed by atoms with E-state index >= 15 is 0 Å². The minimum absolute atomic E-state index is 0.485. The summed E-state index contributed by atoms with van der Waals surface area (Å²) in [5.74, 6) is 1.97. The van der Waals surface area contributed by atoms with Crippen LogP contribution in [0.15, 0.2) is 24.5 Å². The normalized spacial score (nSPS) is 11.6. The molecule has 3 aromatic heterocycles. The molecule has 0 atom stereocenters. The molecule has 0 fully saturated rings. The fourth-order valence-electron chi connectivity index (χ4n) is 1.96. The number of aromatic nitrogens is 5. The zero-order valence-corrected chi connectivity index (χ0v) is 10.7. The van der Waals surface area contributed by atoms with Crippen molar-refractivity contribution in [2.24, 2.45) is 0 Å². The molecule has 3 aromatic rings. The number of hydrogen-bond acceptors (Lipinski definition) is 3. The quantitative estimate of drug-likeness (QED) is 0.750. The molecule has 0 radical (unpaired) electrons. The van der Waals surface area contributed by atoms with Crippen molar-refractivity contribution in [3.63, 3.8) is 0 Å². The van der Waals surface area contributed by atoms with Crippen molar-refractivity contribution in [1.82, 2.24) is 24.6 Å². The molecule has 3 rings (SSSR count). The Balaban J connectivity index is 2.20. The number of aromatic amines is 1. The van der Waals surface area contributed by atoms with Crippen LogP contribution in [-0.4, -0.2) is 24.6 Å².